The second-order valence-corrected chi connectivity index (χ2v) is 5.72. The van der Waals surface area contributed by atoms with Crippen LogP contribution in [-0.4, -0.2) is 48.9 Å². The van der Waals surface area contributed by atoms with Gasteiger partial charge in [0.05, 0.1) is 19.5 Å². The highest BCUT2D eigenvalue weighted by atomic mass is 31.2. The van der Waals surface area contributed by atoms with Crippen molar-refractivity contribution in [3.8, 4) is 5.88 Å². The molecule has 0 amide bonds. The number of hydrogen-bond acceptors (Lipinski definition) is 7. The van der Waals surface area contributed by atoms with E-state index in [1.54, 1.807) is 4.57 Å². The zero-order valence-corrected chi connectivity index (χ0v) is 12.2. The fraction of sp³-hybridized carbons (Fsp3) is 0.500. The van der Waals surface area contributed by atoms with E-state index in [1.807, 2.05) is 6.92 Å². The average molecular weight is 317 g/mol. The molecule has 0 saturated heterocycles. The topological polar surface area (TPSA) is 146 Å². The van der Waals surface area contributed by atoms with Crippen LogP contribution in [0.15, 0.2) is 6.33 Å². The molecular weight excluding hydrogens is 301 g/mol. The van der Waals surface area contributed by atoms with Crippen molar-refractivity contribution in [2.24, 2.45) is 0 Å². The summed E-state index contributed by atoms with van der Waals surface area (Å²) in [6.45, 7) is 2.66. The first-order valence-corrected chi connectivity index (χ1v) is 7.94. The predicted molar refractivity (Wildman–Crippen MR) is 73.8 cm³/mol. The van der Waals surface area contributed by atoms with Gasteiger partial charge in [-0.25, -0.2) is 4.98 Å². The quantitative estimate of drug-likeness (QED) is 0.472. The van der Waals surface area contributed by atoms with E-state index in [2.05, 4.69) is 15.0 Å². The Kier molecular flexibility index (Phi) is 4.73. The summed E-state index contributed by atoms with van der Waals surface area (Å²) in [5.41, 5.74) is 6.57. The zero-order chi connectivity index (χ0) is 15.5. The van der Waals surface area contributed by atoms with Gasteiger partial charge in [-0.05, 0) is 6.92 Å². The normalized spacial score (nSPS) is 12.0. The van der Waals surface area contributed by atoms with Crippen molar-refractivity contribution in [2.75, 3.05) is 25.3 Å². The van der Waals surface area contributed by atoms with Gasteiger partial charge in [0.2, 0.25) is 11.8 Å². The lowest BCUT2D eigenvalue weighted by molar-refractivity contribution is 0.149. The highest BCUT2D eigenvalue weighted by Crippen LogP contribution is 2.33. The van der Waals surface area contributed by atoms with Crippen molar-refractivity contribution in [2.45, 2.75) is 13.5 Å². The molecule has 11 heteroatoms. The molecule has 10 nitrogen and oxygen atoms in total. The molecule has 0 aromatic carbocycles. The maximum atomic E-state index is 10.7. The van der Waals surface area contributed by atoms with E-state index >= 15 is 0 Å². The zero-order valence-electron chi connectivity index (χ0n) is 11.3. The lowest BCUT2D eigenvalue weighted by Gasteiger charge is -2.07. The van der Waals surface area contributed by atoms with E-state index < -0.39 is 13.9 Å². The molecule has 0 unspecified atom stereocenters. The first-order chi connectivity index (χ1) is 9.90. The molecule has 0 aliphatic heterocycles. The fourth-order valence-electron chi connectivity index (χ4n) is 1.68. The number of nitrogen functional groups attached to an aromatic ring is 1. The van der Waals surface area contributed by atoms with Crippen molar-refractivity contribution < 1.29 is 23.8 Å². The van der Waals surface area contributed by atoms with Crippen molar-refractivity contribution in [1.29, 1.82) is 0 Å². The van der Waals surface area contributed by atoms with Gasteiger partial charge in [0.15, 0.2) is 11.2 Å². The van der Waals surface area contributed by atoms with E-state index in [0.717, 1.165) is 0 Å². The van der Waals surface area contributed by atoms with Crippen molar-refractivity contribution in [3.63, 3.8) is 0 Å². The number of aromatic nitrogens is 4. The molecule has 116 valence electrons. The van der Waals surface area contributed by atoms with Gasteiger partial charge in [0, 0.05) is 6.54 Å². The minimum absolute atomic E-state index is 0.0591. The molecule has 2 rings (SSSR count). The van der Waals surface area contributed by atoms with E-state index in [-0.39, 0.29) is 12.6 Å². The van der Waals surface area contributed by atoms with Gasteiger partial charge < -0.3 is 29.6 Å². The van der Waals surface area contributed by atoms with Gasteiger partial charge in [0.1, 0.15) is 6.35 Å². The number of nitrogens with zero attached hydrogens (tertiary/aromatic N) is 4. The Morgan fingerprint density at radius 1 is 1.43 bits per heavy atom. The van der Waals surface area contributed by atoms with Gasteiger partial charge >= 0.3 is 7.60 Å². The maximum absolute atomic E-state index is 10.7. The molecular formula is C10H16N5O5P. The average Bonchev–Trinajstić information content (AvgIpc) is 2.77. The van der Waals surface area contributed by atoms with Gasteiger partial charge in [0.25, 0.3) is 0 Å². The molecule has 2 aromatic rings. The van der Waals surface area contributed by atoms with E-state index in [4.69, 9.17) is 25.0 Å². The van der Waals surface area contributed by atoms with Gasteiger partial charge in [-0.2, -0.15) is 9.97 Å². The van der Waals surface area contributed by atoms with Crippen LogP contribution in [0.1, 0.15) is 6.92 Å². The van der Waals surface area contributed by atoms with Crippen molar-refractivity contribution in [3.05, 3.63) is 6.33 Å². The molecule has 0 aliphatic carbocycles. The molecule has 0 radical (unpaired) electrons. The Labute approximate surface area is 120 Å². The van der Waals surface area contributed by atoms with Crippen LogP contribution in [0, 0.1) is 0 Å². The molecule has 0 spiro atoms. The van der Waals surface area contributed by atoms with Crippen molar-refractivity contribution >= 4 is 24.7 Å². The summed E-state index contributed by atoms with van der Waals surface area (Å²) in [5.74, 6) is 0.360. The summed E-state index contributed by atoms with van der Waals surface area (Å²) in [7, 11) is -4.16. The number of fused-ring (bicyclic) bond motifs is 1. The van der Waals surface area contributed by atoms with Crippen LogP contribution >= 0.6 is 7.60 Å². The first-order valence-electron chi connectivity index (χ1n) is 6.14. The molecule has 4 N–H and O–H groups in total. The molecule has 2 heterocycles. The van der Waals surface area contributed by atoms with Gasteiger partial charge in [-0.15, -0.1) is 0 Å². The number of anilines is 1. The number of ether oxygens (including phenoxy) is 2. The number of imidazole rings is 1. The highest BCUT2D eigenvalue weighted by molar-refractivity contribution is 7.51. The van der Waals surface area contributed by atoms with Crippen LogP contribution in [-0.2, 0) is 15.8 Å². The number of nitrogens with two attached hydrogens (primary N) is 1. The lowest BCUT2D eigenvalue weighted by Crippen LogP contribution is -2.08. The third kappa shape index (κ3) is 4.11. The second-order valence-electron chi connectivity index (χ2n) is 4.13. The standard InChI is InChI=1S/C10H16N5O5P/c1-2-20-9-7-8(13-10(11)14-9)15(5-12-7)3-4-19-6-21(16,17)18/h5H,2-4,6H2,1H3,(H2,11,13,14)(H2,16,17,18). The third-order valence-corrected chi connectivity index (χ3v) is 2.99. The molecule has 0 atom stereocenters. The lowest BCUT2D eigenvalue weighted by atomic mass is 10.5. The molecule has 2 aromatic heterocycles. The summed E-state index contributed by atoms with van der Waals surface area (Å²) >= 11 is 0. The number of rotatable bonds is 7. The van der Waals surface area contributed by atoms with Gasteiger partial charge in [-0.1, -0.05) is 0 Å². The molecule has 21 heavy (non-hydrogen) atoms. The predicted octanol–water partition coefficient (Wildman–Crippen LogP) is -0.0410. The Morgan fingerprint density at radius 2 is 2.19 bits per heavy atom. The van der Waals surface area contributed by atoms with Crippen LogP contribution in [0.4, 0.5) is 5.95 Å². The van der Waals surface area contributed by atoms with Crippen LogP contribution in [0.5, 0.6) is 5.88 Å². The molecule has 0 aliphatic rings. The molecule has 0 saturated carbocycles. The Hall–Kier alpha value is -1.74. The van der Waals surface area contributed by atoms with Gasteiger partial charge in [-0.3, -0.25) is 4.57 Å². The van der Waals surface area contributed by atoms with Crippen LogP contribution in [0.3, 0.4) is 0 Å². The summed E-state index contributed by atoms with van der Waals surface area (Å²) < 4.78 is 22.6. The summed E-state index contributed by atoms with van der Waals surface area (Å²) in [6, 6.07) is 0. The first kappa shape index (κ1) is 15.6. The summed E-state index contributed by atoms with van der Waals surface area (Å²) in [5, 5.41) is 0. The summed E-state index contributed by atoms with van der Waals surface area (Å²) in [6.07, 6.45) is 0.892. The van der Waals surface area contributed by atoms with Crippen LogP contribution < -0.4 is 10.5 Å². The van der Waals surface area contributed by atoms with Crippen molar-refractivity contribution in [1.82, 2.24) is 19.5 Å². The second kappa shape index (κ2) is 6.35. The molecule has 0 bridgehead atoms. The van der Waals surface area contributed by atoms with Crippen LogP contribution in [0.25, 0.3) is 11.2 Å². The van der Waals surface area contributed by atoms with E-state index in [9.17, 15) is 4.57 Å². The maximum Gasteiger partial charge on any atom is 0.350 e. The number of hydrogen-bond donors (Lipinski definition) is 3. The SMILES string of the molecule is CCOc1nc(N)nc2c1ncn2CCOCP(=O)(O)O. The Bertz CT molecular complexity index is 669. The van der Waals surface area contributed by atoms with E-state index in [1.165, 1.54) is 6.33 Å². The minimum Gasteiger partial charge on any atom is -0.476 e. The molecule has 0 fully saturated rings. The Balaban J connectivity index is 2.12. The largest absolute Gasteiger partial charge is 0.476 e. The minimum atomic E-state index is -4.16. The highest BCUT2D eigenvalue weighted by Gasteiger charge is 2.15. The smallest absolute Gasteiger partial charge is 0.350 e. The van der Waals surface area contributed by atoms with E-state index in [0.29, 0.717) is 30.2 Å². The third-order valence-electron chi connectivity index (χ3n) is 2.47. The van der Waals surface area contributed by atoms with Crippen LogP contribution in [0.2, 0.25) is 0 Å². The summed E-state index contributed by atoms with van der Waals surface area (Å²) in [4.78, 5) is 29.6. The monoisotopic (exact) mass is 317 g/mol. The Morgan fingerprint density at radius 3 is 2.86 bits per heavy atom. The fourth-order valence-corrected chi connectivity index (χ4v) is 2.05.